The normalized spacial score (nSPS) is 10.3. The van der Waals surface area contributed by atoms with Crippen LogP contribution in [0.3, 0.4) is 0 Å². The molecule has 2 rings (SSSR count). The van der Waals surface area contributed by atoms with Crippen LogP contribution in [0, 0.1) is 2.88 Å². The Kier molecular flexibility index (Phi) is 4.23. The molecule has 2 aromatic rings. The molecule has 3 nitrogen and oxygen atoms in total. The first-order chi connectivity index (χ1) is 8.56. The van der Waals surface area contributed by atoms with Crippen molar-refractivity contribution in [2.45, 2.75) is 6.54 Å². The molecule has 0 unspecified atom stereocenters. The van der Waals surface area contributed by atoms with E-state index in [1.807, 2.05) is 23.6 Å². The van der Waals surface area contributed by atoms with Crippen molar-refractivity contribution in [1.82, 2.24) is 4.90 Å². The molecular weight excluding hydrogens is 361 g/mol. The molecule has 0 aliphatic heterocycles. The molecule has 0 bridgehead atoms. The fraction of sp³-hybridized carbons (Fsp3) is 0.154. The predicted molar refractivity (Wildman–Crippen MR) is 80.9 cm³/mol. The van der Waals surface area contributed by atoms with Gasteiger partial charge in [-0.3, -0.25) is 4.79 Å². The van der Waals surface area contributed by atoms with Crippen LogP contribution in [0.15, 0.2) is 35.7 Å². The van der Waals surface area contributed by atoms with Crippen molar-refractivity contribution in [3.8, 4) is 5.75 Å². The Morgan fingerprint density at radius 2 is 2.06 bits per heavy atom. The van der Waals surface area contributed by atoms with E-state index in [2.05, 4.69) is 22.6 Å². The van der Waals surface area contributed by atoms with Crippen LogP contribution in [-0.2, 0) is 6.54 Å². The highest BCUT2D eigenvalue weighted by Gasteiger charge is 2.13. The van der Waals surface area contributed by atoms with Crippen LogP contribution in [0.25, 0.3) is 0 Å². The summed E-state index contributed by atoms with van der Waals surface area (Å²) in [5.41, 5.74) is 1.72. The predicted octanol–water partition coefficient (Wildman–Crippen LogP) is 3.33. The number of thiophene rings is 1. The van der Waals surface area contributed by atoms with E-state index < -0.39 is 0 Å². The molecule has 0 radical (unpaired) electrons. The van der Waals surface area contributed by atoms with E-state index in [1.54, 1.807) is 35.4 Å². The Balaban J connectivity index is 2.05. The maximum absolute atomic E-state index is 12.1. The molecule has 1 aromatic heterocycles. The number of amides is 1. The third-order valence-electron chi connectivity index (χ3n) is 2.52. The van der Waals surface area contributed by atoms with E-state index in [0.29, 0.717) is 6.54 Å². The number of hydrogen-bond donors (Lipinski definition) is 1. The van der Waals surface area contributed by atoms with Gasteiger partial charge in [-0.15, -0.1) is 11.3 Å². The second-order valence-corrected chi connectivity index (χ2v) is 6.77. The lowest BCUT2D eigenvalue weighted by Crippen LogP contribution is -2.25. The summed E-state index contributed by atoms with van der Waals surface area (Å²) in [4.78, 5) is 13.8. The average Bonchev–Trinajstić information content (AvgIpc) is 2.78. The highest BCUT2D eigenvalue weighted by atomic mass is 127. The number of rotatable bonds is 3. The van der Waals surface area contributed by atoms with Gasteiger partial charge in [-0.1, -0.05) is 12.1 Å². The summed E-state index contributed by atoms with van der Waals surface area (Å²) in [6, 6.07) is 8.77. The van der Waals surface area contributed by atoms with Crippen molar-refractivity contribution in [2.75, 3.05) is 7.05 Å². The van der Waals surface area contributed by atoms with Crippen LogP contribution in [0.1, 0.15) is 15.9 Å². The molecule has 0 saturated heterocycles. The van der Waals surface area contributed by atoms with Gasteiger partial charge in [-0.2, -0.15) is 0 Å². The first kappa shape index (κ1) is 13.4. The smallest absolute Gasteiger partial charge is 0.254 e. The summed E-state index contributed by atoms with van der Waals surface area (Å²) in [6.07, 6.45) is 0. The van der Waals surface area contributed by atoms with Gasteiger partial charge >= 0.3 is 0 Å². The van der Waals surface area contributed by atoms with Gasteiger partial charge in [0.2, 0.25) is 0 Å². The van der Waals surface area contributed by atoms with Gasteiger partial charge in [0, 0.05) is 19.0 Å². The van der Waals surface area contributed by atoms with E-state index in [4.69, 9.17) is 0 Å². The lowest BCUT2D eigenvalue weighted by atomic mass is 10.2. The molecule has 1 amide bonds. The number of carbonyl (C=O) groups excluding carboxylic acids is 1. The summed E-state index contributed by atoms with van der Waals surface area (Å²) in [5, 5.41) is 11.1. The van der Waals surface area contributed by atoms with Crippen LogP contribution in [0.4, 0.5) is 0 Å². The quantitative estimate of drug-likeness (QED) is 0.839. The zero-order valence-corrected chi connectivity index (χ0v) is 12.7. The number of phenols is 1. The van der Waals surface area contributed by atoms with Crippen molar-refractivity contribution in [1.29, 1.82) is 0 Å². The van der Waals surface area contributed by atoms with Crippen molar-refractivity contribution in [3.63, 3.8) is 0 Å². The van der Waals surface area contributed by atoms with E-state index in [0.717, 1.165) is 14.0 Å². The molecule has 0 spiro atoms. The first-order valence-electron chi connectivity index (χ1n) is 5.33. The van der Waals surface area contributed by atoms with Crippen molar-refractivity contribution < 1.29 is 9.90 Å². The lowest BCUT2D eigenvalue weighted by molar-refractivity contribution is 0.0785. The third-order valence-corrected chi connectivity index (χ3v) is 4.31. The van der Waals surface area contributed by atoms with Crippen molar-refractivity contribution in [2.24, 2.45) is 0 Å². The third kappa shape index (κ3) is 3.23. The highest BCUT2D eigenvalue weighted by Crippen LogP contribution is 2.19. The SMILES string of the molecule is CN(Cc1ccc(O)cc1)C(=O)c1csc(I)c1. The van der Waals surface area contributed by atoms with E-state index >= 15 is 0 Å². The molecule has 0 aliphatic rings. The number of nitrogens with zero attached hydrogens (tertiary/aromatic N) is 1. The topological polar surface area (TPSA) is 40.5 Å². The molecule has 1 heterocycles. The largest absolute Gasteiger partial charge is 0.508 e. The number of carbonyl (C=O) groups is 1. The lowest BCUT2D eigenvalue weighted by Gasteiger charge is -2.16. The molecule has 1 aromatic carbocycles. The summed E-state index contributed by atoms with van der Waals surface area (Å²) in [5.74, 6) is 0.252. The molecule has 1 N–H and O–H groups in total. The second-order valence-electron chi connectivity index (χ2n) is 3.97. The summed E-state index contributed by atoms with van der Waals surface area (Å²) >= 11 is 3.77. The molecular formula is C13H12INO2S. The minimum atomic E-state index is 0.0160. The molecule has 0 atom stereocenters. The van der Waals surface area contributed by atoms with Gasteiger partial charge in [-0.05, 0) is 46.4 Å². The highest BCUT2D eigenvalue weighted by molar-refractivity contribution is 14.1. The summed E-state index contributed by atoms with van der Waals surface area (Å²) in [7, 11) is 1.78. The van der Waals surface area contributed by atoms with Crippen LogP contribution in [-0.4, -0.2) is 23.0 Å². The van der Waals surface area contributed by atoms with Crippen LogP contribution < -0.4 is 0 Å². The number of aromatic hydroxyl groups is 1. The second kappa shape index (κ2) is 5.71. The van der Waals surface area contributed by atoms with Gasteiger partial charge in [0.1, 0.15) is 5.75 Å². The van der Waals surface area contributed by atoms with Crippen molar-refractivity contribution in [3.05, 3.63) is 49.7 Å². The van der Waals surface area contributed by atoms with Crippen LogP contribution in [0.5, 0.6) is 5.75 Å². The monoisotopic (exact) mass is 373 g/mol. The summed E-state index contributed by atoms with van der Waals surface area (Å²) in [6.45, 7) is 0.533. The zero-order valence-electron chi connectivity index (χ0n) is 9.76. The van der Waals surface area contributed by atoms with Gasteiger partial charge in [0.25, 0.3) is 5.91 Å². The Morgan fingerprint density at radius 3 is 2.61 bits per heavy atom. The fourth-order valence-corrected chi connectivity index (χ4v) is 2.91. The van der Waals surface area contributed by atoms with E-state index in [9.17, 15) is 9.90 Å². The molecule has 5 heteroatoms. The molecule has 0 saturated carbocycles. The number of halogens is 1. The molecule has 0 aliphatic carbocycles. The fourth-order valence-electron chi connectivity index (χ4n) is 1.59. The number of benzene rings is 1. The molecule has 94 valence electrons. The minimum Gasteiger partial charge on any atom is -0.508 e. The Labute approximate surface area is 123 Å². The van der Waals surface area contributed by atoms with Crippen LogP contribution >= 0.6 is 33.9 Å². The number of hydrogen-bond acceptors (Lipinski definition) is 3. The maximum atomic E-state index is 12.1. The van der Waals surface area contributed by atoms with E-state index in [1.165, 1.54) is 0 Å². The average molecular weight is 373 g/mol. The number of phenolic OH excluding ortho intramolecular Hbond substituents is 1. The van der Waals surface area contributed by atoms with Gasteiger partial charge in [0.05, 0.1) is 8.45 Å². The summed E-state index contributed by atoms with van der Waals surface area (Å²) < 4.78 is 1.11. The Morgan fingerprint density at radius 1 is 1.39 bits per heavy atom. The van der Waals surface area contributed by atoms with Gasteiger partial charge in [0.15, 0.2) is 0 Å². The first-order valence-corrected chi connectivity index (χ1v) is 7.29. The van der Waals surface area contributed by atoms with Crippen LogP contribution in [0.2, 0.25) is 0 Å². The Hall–Kier alpha value is -1.08. The van der Waals surface area contributed by atoms with Crippen molar-refractivity contribution >= 4 is 39.8 Å². The minimum absolute atomic E-state index is 0.0160. The van der Waals surface area contributed by atoms with Gasteiger partial charge < -0.3 is 10.0 Å². The zero-order chi connectivity index (χ0) is 13.1. The molecule has 18 heavy (non-hydrogen) atoms. The molecule has 0 fully saturated rings. The van der Waals surface area contributed by atoms with E-state index in [-0.39, 0.29) is 11.7 Å². The Bertz CT molecular complexity index is 550. The van der Waals surface area contributed by atoms with Gasteiger partial charge in [-0.25, -0.2) is 0 Å². The maximum Gasteiger partial charge on any atom is 0.254 e. The standard InChI is InChI=1S/C13H12INO2S/c1-15(7-9-2-4-11(16)5-3-9)13(17)10-6-12(14)18-8-10/h2-6,8,16H,7H2,1H3.